The summed E-state index contributed by atoms with van der Waals surface area (Å²) in [5.74, 6) is 0. The lowest BCUT2D eigenvalue weighted by atomic mass is 9.92. The van der Waals surface area contributed by atoms with Crippen LogP contribution in [0.3, 0.4) is 0 Å². The van der Waals surface area contributed by atoms with Gasteiger partial charge in [-0.2, -0.15) is 0 Å². The van der Waals surface area contributed by atoms with Crippen molar-refractivity contribution in [2.24, 2.45) is 4.99 Å². The summed E-state index contributed by atoms with van der Waals surface area (Å²) < 4.78 is 0. The molecule has 0 aliphatic heterocycles. The summed E-state index contributed by atoms with van der Waals surface area (Å²) in [7, 11) is 0. The van der Waals surface area contributed by atoms with Gasteiger partial charge in [0, 0.05) is 5.57 Å². The quantitative estimate of drug-likeness (QED) is 0.440. The van der Waals surface area contributed by atoms with Crippen molar-refractivity contribution in [2.75, 3.05) is 0 Å². The van der Waals surface area contributed by atoms with Crippen LogP contribution in [0.15, 0.2) is 87.7 Å². The van der Waals surface area contributed by atoms with E-state index in [-0.39, 0.29) is 0 Å². The highest BCUT2D eigenvalue weighted by Crippen LogP contribution is 2.31. The molecule has 1 heteroatoms. The maximum Gasteiger partial charge on any atom is 0.0732 e. The Hall–Kier alpha value is -2.15. The van der Waals surface area contributed by atoms with Crippen LogP contribution in [-0.2, 0) is 0 Å². The highest BCUT2D eigenvalue weighted by Gasteiger charge is 2.13. The Kier molecular flexibility index (Phi) is 6.61. The molecule has 0 unspecified atom stereocenters. The van der Waals surface area contributed by atoms with Gasteiger partial charge in [0.1, 0.15) is 0 Å². The third-order valence-electron chi connectivity index (χ3n) is 3.59. The molecule has 0 radical (unpaired) electrons. The first-order valence-corrected chi connectivity index (χ1v) is 7.26. The Morgan fingerprint density at radius 2 is 2.00 bits per heavy atom. The molecule has 0 saturated carbocycles. The van der Waals surface area contributed by atoms with E-state index in [1.807, 2.05) is 32.9 Å². The van der Waals surface area contributed by atoms with Crippen molar-refractivity contribution in [3.8, 4) is 0 Å². The van der Waals surface area contributed by atoms with Gasteiger partial charge >= 0.3 is 0 Å². The number of rotatable bonds is 5. The lowest BCUT2D eigenvalue weighted by molar-refractivity contribution is 1.15. The van der Waals surface area contributed by atoms with Crippen molar-refractivity contribution < 1.29 is 0 Å². The topological polar surface area (TPSA) is 12.4 Å². The van der Waals surface area contributed by atoms with Crippen LogP contribution in [0.1, 0.15) is 34.1 Å². The van der Waals surface area contributed by atoms with Gasteiger partial charge in [-0.25, -0.2) is 0 Å². The molecule has 1 nitrogen and oxygen atoms in total. The van der Waals surface area contributed by atoms with Crippen LogP contribution in [0.4, 0.5) is 0 Å². The molecule has 0 spiro atoms. The molecule has 0 aromatic heterocycles. The second-order valence-electron chi connectivity index (χ2n) is 5.04. The van der Waals surface area contributed by atoms with E-state index in [9.17, 15) is 0 Å². The van der Waals surface area contributed by atoms with E-state index < -0.39 is 0 Å². The van der Waals surface area contributed by atoms with Crippen molar-refractivity contribution >= 4 is 6.72 Å². The third kappa shape index (κ3) is 4.16. The summed E-state index contributed by atoms with van der Waals surface area (Å²) in [4.78, 5) is 4.28. The smallest absolute Gasteiger partial charge is 0.0732 e. The maximum atomic E-state index is 4.28. The highest BCUT2D eigenvalue weighted by molar-refractivity contribution is 5.60. The SMILES string of the molecule is C=NC(=C(/C)C(=C)/C=C\C)/C(=C/C)C1=C(C)CC=CC=C1. The van der Waals surface area contributed by atoms with Gasteiger partial charge in [-0.3, -0.25) is 4.99 Å². The minimum absolute atomic E-state index is 0.904. The standard InChI is InChI=1S/C20H25N/c1-7-12-15(3)17(5)20(21-6)18(8-2)19-14-11-9-10-13-16(19)4/h7-12,14H,3,6,13H2,1-2,4-5H3/b12-7-,18-8+,20-17-. The summed E-state index contributed by atoms with van der Waals surface area (Å²) in [6, 6.07) is 0. The maximum absolute atomic E-state index is 4.28. The van der Waals surface area contributed by atoms with E-state index in [0.29, 0.717) is 0 Å². The Bertz CT molecular complexity index is 602. The third-order valence-corrected chi connectivity index (χ3v) is 3.59. The lowest BCUT2D eigenvalue weighted by Crippen LogP contribution is -1.98. The molecule has 110 valence electrons. The van der Waals surface area contributed by atoms with Crippen LogP contribution < -0.4 is 0 Å². The van der Waals surface area contributed by atoms with Gasteiger partial charge < -0.3 is 0 Å². The molecule has 1 rings (SSSR count). The first kappa shape index (κ1) is 16.9. The highest BCUT2D eigenvalue weighted by atomic mass is 14.7. The zero-order valence-electron chi connectivity index (χ0n) is 13.6. The zero-order chi connectivity index (χ0) is 15.8. The molecule has 0 N–H and O–H groups in total. The number of hydrogen-bond donors (Lipinski definition) is 0. The van der Waals surface area contributed by atoms with E-state index in [1.54, 1.807) is 0 Å². The molecule has 0 saturated heterocycles. The van der Waals surface area contributed by atoms with Crippen LogP contribution in [0.25, 0.3) is 0 Å². The van der Waals surface area contributed by atoms with Crippen molar-refractivity contribution in [3.05, 3.63) is 82.7 Å². The van der Waals surface area contributed by atoms with Gasteiger partial charge in [-0.1, -0.05) is 54.7 Å². The van der Waals surface area contributed by atoms with Crippen molar-refractivity contribution in [1.82, 2.24) is 0 Å². The average Bonchev–Trinajstić information content (AvgIpc) is 2.69. The van der Waals surface area contributed by atoms with Crippen LogP contribution >= 0.6 is 0 Å². The summed E-state index contributed by atoms with van der Waals surface area (Å²) in [5, 5.41) is 0. The first-order chi connectivity index (χ1) is 10.1. The molecular formula is C20H25N. The van der Waals surface area contributed by atoms with Gasteiger partial charge in [0.25, 0.3) is 0 Å². The van der Waals surface area contributed by atoms with Gasteiger partial charge in [0.05, 0.1) is 5.70 Å². The fourth-order valence-electron chi connectivity index (χ4n) is 2.35. The fourth-order valence-corrected chi connectivity index (χ4v) is 2.35. The molecule has 0 aromatic carbocycles. The van der Waals surface area contributed by atoms with E-state index in [0.717, 1.165) is 28.8 Å². The van der Waals surface area contributed by atoms with Crippen molar-refractivity contribution in [1.29, 1.82) is 0 Å². The molecule has 0 amide bonds. The molecule has 0 atom stereocenters. The molecular weight excluding hydrogens is 254 g/mol. The molecule has 21 heavy (non-hydrogen) atoms. The number of allylic oxidation sites excluding steroid dienone is 11. The summed E-state index contributed by atoms with van der Waals surface area (Å²) in [5.41, 5.74) is 6.60. The van der Waals surface area contributed by atoms with E-state index in [2.05, 4.69) is 55.6 Å². The number of aliphatic imine (C=N–C) groups is 1. The monoisotopic (exact) mass is 279 g/mol. The molecule has 0 heterocycles. The Balaban J connectivity index is 3.40. The second-order valence-corrected chi connectivity index (χ2v) is 5.04. The van der Waals surface area contributed by atoms with Crippen molar-refractivity contribution in [2.45, 2.75) is 34.1 Å². The fraction of sp³-hybridized carbons (Fsp3) is 0.250. The van der Waals surface area contributed by atoms with Crippen LogP contribution in [-0.4, -0.2) is 6.72 Å². The van der Waals surface area contributed by atoms with Gasteiger partial charge in [0.2, 0.25) is 0 Å². The lowest BCUT2D eigenvalue weighted by Gasteiger charge is -2.15. The van der Waals surface area contributed by atoms with Gasteiger partial charge in [-0.15, -0.1) is 0 Å². The minimum Gasteiger partial charge on any atom is -0.264 e. The van der Waals surface area contributed by atoms with Gasteiger partial charge in [0.15, 0.2) is 0 Å². The normalized spacial score (nSPS) is 17.0. The minimum atomic E-state index is 0.904. The number of nitrogens with zero attached hydrogens (tertiary/aromatic N) is 1. The predicted molar refractivity (Wildman–Crippen MR) is 95.6 cm³/mol. The Morgan fingerprint density at radius 3 is 2.57 bits per heavy atom. The molecule has 0 aromatic rings. The summed E-state index contributed by atoms with van der Waals surface area (Å²) >= 11 is 0. The average molecular weight is 279 g/mol. The summed E-state index contributed by atoms with van der Waals surface area (Å²) in [6.45, 7) is 16.1. The first-order valence-electron chi connectivity index (χ1n) is 7.26. The van der Waals surface area contributed by atoms with E-state index in [1.165, 1.54) is 11.1 Å². The predicted octanol–water partition coefficient (Wildman–Crippen LogP) is 5.87. The molecule has 0 fully saturated rings. The van der Waals surface area contributed by atoms with Crippen LogP contribution in [0.5, 0.6) is 0 Å². The van der Waals surface area contributed by atoms with Crippen LogP contribution in [0, 0.1) is 0 Å². The van der Waals surface area contributed by atoms with E-state index >= 15 is 0 Å². The van der Waals surface area contributed by atoms with Crippen LogP contribution in [0.2, 0.25) is 0 Å². The Morgan fingerprint density at radius 1 is 1.29 bits per heavy atom. The second kappa shape index (κ2) is 8.21. The molecule has 1 aliphatic rings. The van der Waals surface area contributed by atoms with E-state index in [4.69, 9.17) is 0 Å². The molecule has 0 bridgehead atoms. The largest absolute Gasteiger partial charge is 0.264 e. The molecule has 1 aliphatic carbocycles. The zero-order valence-corrected chi connectivity index (χ0v) is 13.6. The number of hydrogen-bond acceptors (Lipinski definition) is 1. The van der Waals surface area contributed by atoms with Crippen molar-refractivity contribution in [3.63, 3.8) is 0 Å². The summed E-state index contributed by atoms with van der Waals surface area (Å²) in [6.07, 6.45) is 15.5. The Labute approximate surface area is 129 Å². The van der Waals surface area contributed by atoms with Gasteiger partial charge in [-0.05, 0) is 57.6 Å².